The van der Waals surface area contributed by atoms with Crippen LogP contribution >= 0.6 is 15.9 Å². The van der Waals surface area contributed by atoms with E-state index in [0.717, 1.165) is 18.2 Å². The van der Waals surface area contributed by atoms with Crippen molar-refractivity contribution in [1.82, 2.24) is 4.72 Å². The molecule has 0 fully saturated rings. The molecule has 4 nitrogen and oxygen atoms in total. The minimum absolute atomic E-state index is 0.371. The quantitative estimate of drug-likeness (QED) is 0.449. The van der Waals surface area contributed by atoms with E-state index in [-0.39, 0.29) is 5.78 Å². The standard InChI is InChI=1S/C12H16BrNO3S/c13-8-4-5-9-14-18(16,17)10-12(15)11-6-2-1-3-7-11/h1-3,6-7,14H,4-5,8-10H2. The Bertz CT molecular complexity index is 473. The lowest BCUT2D eigenvalue weighted by molar-refractivity contribution is 0.102. The van der Waals surface area contributed by atoms with Crippen LogP contribution in [0.5, 0.6) is 0 Å². The molecule has 0 aliphatic rings. The summed E-state index contributed by atoms with van der Waals surface area (Å²) in [7, 11) is -3.52. The minimum atomic E-state index is -3.52. The average Bonchev–Trinajstić information content (AvgIpc) is 2.35. The van der Waals surface area contributed by atoms with Crippen molar-refractivity contribution < 1.29 is 13.2 Å². The fraction of sp³-hybridized carbons (Fsp3) is 0.417. The molecule has 0 bridgehead atoms. The number of hydrogen-bond acceptors (Lipinski definition) is 3. The van der Waals surface area contributed by atoms with Crippen molar-refractivity contribution in [3.63, 3.8) is 0 Å². The highest BCUT2D eigenvalue weighted by molar-refractivity contribution is 9.09. The first-order chi connectivity index (χ1) is 8.55. The Morgan fingerprint density at radius 2 is 1.83 bits per heavy atom. The summed E-state index contributed by atoms with van der Waals surface area (Å²) >= 11 is 3.27. The van der Waals surface area contributed by atoms with Crippen LogP contribution in [0.3, 0.4) is 0 Å². The average molecular weight is 334 g/mol. The molecule has 1 N–H and O–H groups in total. The molecular formula is C12H16BrNO3S. The Labute approximate surface area is 116 Å². The molecular weight excluding hydrogens is 318 g/mol. The van der Waals surface area contributed by atoms with Gasteiger partial charge in [0.2, 0.25) is 10.0 Å². The number of ketones is 1. The van der Waals surface area contributed by atoms with E-state index in [0.29, 0.717) is 12.1 Å². The molecule has 0 saturated heterocycles. The van der Waals surface area contributed by atoms with E-state index in [1.807, 2.05) is 0 Å². The second-order valence-corrected chi connectivity index (χ2v) is 6.44. The lowest BCUT2D eigenvalue weighted by Crippen LogP contribution is -2.30. The zero-order chi connectivity index (χ0) is 13.4. The molecule has 0 atom stereocenters. The molecule has 0 aliphatic carbocycles. The predicted molar refractivity (Wildman–Crippen MR) is 75.6 cm³/mol. The number of sulfonamides is 1. The number of alkyl halides is 1. The summed E-state index contributed by atoms with van der Waals surface area (Å²) in [6.45, 7) is 0.371. The third kappa shape index (κ3) is 5.75. The van der Waals surface area contributed by atoms with Crippen LogP contribution in [0.15, 0.2) is 30.3 Å². The smallest absolute Gasteiger partial charge is 0.219 e. The van der Waals surface area contributed by atoms with Crippen molar-refractivity contribution in [3.8, 4) is 0 Å². The number of rotatable bonds is 8. The van der Waals surface area contributed by atoms with Crippen LogP contribution in [0.1, 0.15) is 23.2 Å². The van der Waals surface area contributed by atoms with E-state index >= 15 is 0 Å². The van der Waals surface area contributed by atoms with Gasteiger partial charge in [-0.05, 0) is 12.8 Å². The van der Waals surface area contributed by atoms with Gasteiger partial charge in [0.25, 0.3) is 0 Å². The number of carbonyl (C=O) groups is 1. The van der Waals surface area contributed by atoms with Gasteiger partial charge < -0.3 is 0 Å². The van der Waals surface area contributed by atoms with Gasteiger partial charge in [-0.3, -0.25) is 4.79 Å². The largest absolute Gasteiger partial charge is 0.293 e. The van der Waals surface area contributed by atoms with Gasteiger partial charge in [-0.15, -0.1) is 0 Å². The molecule has 1 rings (SSSR count). The molecule has 0 heterocycles. The number of unbranched alkanes of at least 4 members (excludes halogenated alkanes) is 1. The van der Waals surface area contributed by atoms with E-state index in [9.17, 15) is 13.2 Å². The number of hydrogen-bond donors (Lipinski definition) is 1. The fourth-order valence-electron chi connectivity index (χ4n) is 1.38. The zero-order valence-electron chi connectivity index (χ0n) is 9.93. The summed E-state index contributed by atoms with van der Waals surface area (Å²) < 4.78 is 25.7. The van der Waals surface area contributed by atoms with Gasteiger partial charge in [-0.1, -0.05) is 46.3 Å². The van der Waals surface area contributed by atoms with Crippen LogP contribution in [0.25, 0.3) is 0 Å². The highest BCUT2D eigenvalue weighted by Crippen LogP contribution is 2.02. The summed E-state index contributed by atoms with van der Waals surface area (Å²) in [5, 5.41) is 0.845. The second-order valence-electron chi connectivity index (χ2n) is 3.84. The number of carbonyl (C=O) groups excluding carboxylic acids is 1. The maximum atomic E-state index is 11.7. The molecule has 0 aromatic heterocycles. The van der Waals surface area contributed by atoms with Crippen molar-refractivity contribution in [2.75, 3.05) is 17.6 Å². The van der Waals surface area contributed by atoms with Crippen molar-refractivity contribution in [3.05, 3.63) is 35.9 Å². The lowest BCUT2D eigenvalue weighted by atomic mass is 10.2. The molecule has 0 amide bonds. The zero-order valence-corrected chi connectivity index (χ0v) is 12.3. The van der Waals surface area contributed by atoms with Crippen LogP contribution in [0.2, 0.25) is 0 Å². The summed E-state index contributed by atoms with van der Waals surface area (Å²) in [5.74, 6) is -0.880. The number of halogens is 1. The Morgan fingerprint density at radius 1 is 1.17 bits per heavy atom. The van der Waals surface area contributed by atoms with E-state index in [2.05, 4.69) is 20.7 Å². The van der Waals surface area contributed by atoms with Crippen molar-refractivity contribution in [1.29, 1.82) is 0 Å². The molecule has 0 saturated carbocycles. The molecule has 0 spiro atoms. The predicted octanol–water partition coefficient (Wildman–Crippen LogP) is 1.96. The van der Waals surface area contributed by atoms with E-state index < -0.39 is 15.8 Å². The normalized spacial score (nSPS) is 11.4. The number of Topliss-reactive ketones (excluding diaryl/α,β-unsaturated/α-hetero) is 1. The van der Waals surface area contributed by atoms with Crippen LogP contribution in [0, 0.1) is 0 Å². The topological polar surface area (TPSA) is 63.2 Å². The summed E-state index contributed by atoms with van der Waals surface area (Å²) in [5.41, 5.74) is 0.420. The number of nitrogens with one attached hydrogen (secondary N) is 1. The van der Waals surface area contributed by atoms with Gasteiger partial charge >= 0.3 is 0 Å². The van der Waals surface area contributed by atoms with Crippen LogP contribution < -0.4 is 4.72 Å². The van der Waals surface area contributed by atoms with Gasteiger partial charge in [0.15, 0.2) is 5.78 Å². The van der Waals surface area contributed by atoms with Gasteiger partial charge in [0.1, 0.15) is 5.75 Å². The molecule has 1 aromatic rings. The van der Waals surface area contributed by atoms with E-state index in [1.54, 1.807) is 30.3 Å². The Morgan fingerprint density at radius 3 is 2.44 bits per heavy atom. The van der Waals surface area contributed by atoms with Crippen molar-refractivity contribution >= 4 is 31.7 Å². The van der Waals surface area contributed by atoms with E-state index in [1.165, 1.54) is 0 Å². The first-order valence-corrected chi connectivity index (χ1v) is 8.44. The Balaban J connectivity index is 2.48. The molecule has 0 aliphatic heterocycles. The number of benzene rings is 1. The molecule has 0 unspecified atom stereocenters. The monoisotopic (exact) mass is 333 g/mol. The third-order valence-corrected chi connectivity index (χ3v) is 4.15. The molecule has 1 aromatic carbocycles. The van der Waals surface area contributed by atoms with Crippen molar-refractivity contribution in [2.45, 2.75) is 12.8 Å². The first kappa shape index (κ1) is 15.3. The lowest BCUT2D eigenvalue weighted by Gasteiger charge is -2.05. The summed E-state index contributed by atoms with van der Waals surface area (Å²) in [6, 6.07) is 8.43. The minimum Gasteiger partial charge on any atom is -0.293 e. The van der Waals surface area contributed by atoms with Crippen LogP contribution in [-0.4, -0.2) is 31.8 Å². The van der Waals surface area contributed by atoms with Crippen molar-refractivity contribution in [2.24, 2.45) is 0 Å². The summed E-state index contributed by atoms with van der Waals surface area (Å²) in [6.07, 6.45) is 1.65. The third-order valence-electron chi connectivity index (χ3n) is 2.30. The Kier molecular flexibility index (Phi) is 6.52. The fourth-order valence-corrected chi connectivity index (χ4v) is 2.84. The highest BCUT2D eigenvalue weighted by Gasteiger charge is 2.16. The van der Waals surface area contributed by atoms with E-state index in [4.69, 9.17) is 0 Å². The maximum absolute atomic E-state index is 11.7. The molecule has 100 valence electrons. The second kappa shape index (κ2) is 7.66. The first-order valence-electron chi connectivity index (χ1n) is 5.67. The van der Waals surface area contributed by atoms with Gasteiger partial charge in [0.05, 0.1) is 0 Å². The molecule has 6 heteroatoms. The van der Waals surface area contributed by atoms with Crippen LogP contribution in [-0.2, 0) is 10.0 Å². The van der Waals surface area contributed by atoms with Gasteiger partial charge in [-0.2, -0.15) is 0 Å². The maximum Gasteiger partial charge on any atom is 0.219 e. The van der Waals surface area contributed by atoms with Crippen LogP contribution in [0.4, 0.5) is 0 Å². The summed E-state index contributed by atoms with van der Waals surface area (Å²) in [4.78, 5) is 11.7. The highest BCUT2D eigenvalue weighted by atomic mass is 79.9. The Hall–Kier alpha value is -0.720. The molecule has 0 radical (unpaired) electrons. The van der Waals surface area contributed by atoms with Gasteiger partial charge in [0, 0.05) is 17.4 Å². The van der Waals surface area contributed by atoms with Gasteiger partial charge in [-0.25, -0.2) is 13.1 Å². The molecule has 18 heavy (non-hydrogen) atoms. The SMILES string of the molecule is O=C(CS(=O)(=O)NCCCCBr)c1ccccc1.